The number of hydrogen-bond donors (Lipinski definition) is 1. The van der Waals surface area contributed by atoms with Crippen LogP contribution in [0.2, 0.25) is 0 Å². The topological polar surface area (TPSA) is 58.2 Å². The predicted molar refractivity (Wildman–Crippen MR) is 90.8 cm³/mol. The highest BCUT2D eigenvalue weighted by Gasteiger charge is 2.18. The molecule has 0 atom stereocenters. The SMILES string of the molecule is Cc1ccc(OCC(=O)N(Cc2ccsc2)c2ccn[nH]2)cc1. The van der Waals surface area contributed by atoms with E-state index in [0.717, 1.165) is 11.1 Å². The van der Waals surface area contributed by atoms with E-state index in [2.05, 4.69) is 10.2 Å². The van der Waals surface area contributed by atoms with E-state index in [1.165, 1.54) is 0 Å². The summed E-state index contributed by atoms with van der Waals surface area (Å²) >= 11 is 1.61. The number of aryl methyl sites for hydroxylation is 1. The predicted octanol–water partition coefficient (Wildman–Crippen LogP) is 3.39. The molecule has 0 aliphatic heterocycles. The quantitative estimate of drug-likeness (QED) is 0.755. The maximum atomic E-state index is 12.6. The minimum atomic E-state index is -0.124. The first kappa shape index (κ1) is 15.3. The summed E-state index contributed by atoms with van der Waals surface area (Å²) in [6.07, 6.45) is 1.63. The van der Waals surface area contributed by atoms with E-state index in [9.17, 15) is 4.79 Å². The number of anilines is 1. The Balaban J connectivity index is 1.68. The third-order valence-electron chi connectivity index (χ3n) is 3.38. The third kappa shape index (κ3) is 3.98. The highest BCUT2D eigenvalue weighted by Crippen LogP contribution is 2.17. The first-order valence-electron chi connectivity index (χ1n) is 7.22. The largest absolute Gasteiger partial charge is 0.484 e. The van der Waals surface area contributed by atoms with Crippen LogP contribution in [-0.2, 0) is 11.3 Å². The summed E-state index contributed by atoms with van der Waals surface area (Å²) in [5.74, 6) is 1.22. The lowest BCUT2D eigenvalue weighted by atomic mass is 10.2. The fourth-order valence-electron chi connectivity index (χ4n) is 2.13. The zero-order valence-corrected chi connectivity index (χ0v) is 13.5. The molecular weight excluding hydrogens is 310 g/mol. The van der Waals surface area contributed by atoms with Gasteiger partial charge in [-0.3, -0.25) is 14.8 Å². The van der Waals surface area contributed by atoms with Crippen molar-refractivity contribution in [2.75, 3.05) is 11.5 Å². The molecule has 0 saturated carbocycles. The second-order valence-corrected chi connectivity index (χ2v) is 5.94. The van der Waals surface area contributed by atoms with Gasteiger partial charge in [-0.15, -0.1) is 0 Å². The molecule has 0 radical (unpaired) electrons. The first-order chi connectivity index (χ1) is 11.2. The number of amides is 1. The van der Waals surface area contributed by atoms with E-state index in [1.54, 1.807) is 28.5 Å². The smallest absolute Gasteiger partial charge is 0.266 e. The van der Waals surface area contributed by atoms with Gasteiger partial charge in [0.25, 0.3) is 5.91 Å². The third-order valence-corrected chi connectivity index (χ3v) is 4.11. The monoisotopic (exact) mass is 327 g/mol. The number of hydrogen-bond acceptors (Lipinski definition) is 4. The van der Waals surface area contributed by atoms with Crippen LogP contribution in [0.5, 0.6) is 5.75 Å². The molecule has 5 nitrogen and oxygen atoms in total. The Kier molecular flexibility index (Phi) is 4.73. The fourth-order valence-corrected chi connectivity index (χ4v) is 2.79. The zero-order chi connectivity index (χ0) is 16.1. The maximum absolute atomic E-state index is 12.6. The van der Waals surface area contributed by atoms with Crippen LogP contribution in [0, 0.1) is 6.92 Å². The Morgan fingerprint density at radius 3 is 2.74 bits per heavy atom. The van der Waals surface area contributed by atoms with Gasteiger partial charge in [0, 0.05) is 6.07 Å². The number of benzene rings is 1. The number of rotatable bonds is 6. The number of aromatic nitrogens is 2. The molecule has 0 unspecified atom stereocenters. The van der Waals surface area contributed by atoms with Crippen LogP contribution in [-0.4, -0.2) is 22.7 Å². The van der Waals surface area contributed by atoms with Crippen molar-refractivity contribution in [2.24, 2.45) is 0 Å². The van der Waals surface area contributed by atoms with E-state index in [1.807, 2.05) is 48.0 Å². The summed E-state index contributed by atoms with van der Waals surface area (Å²) in [5.41, 5.74) is 2.23. The molecule has 118 valence electrons. The van der Waals surface area contributed by atoms with E-state index in [4.69, 9.17) is 4.74 Å². The molecule has 1 aromatic carbocycles. The highest BCUT2D eigenvalue weighted by molar-refractivity contribution is 7.07. The number of carbonyl (C=O) groups is 1. The molecule has 3 aromatic rings. The molecule has 0 aliphatic carbocycles. The molecule has 0 fully saturated rings. The molecule has 1 amide bonds. The van der Waals surface area contributed by atoms with Crippen LogP contribution in [0.3, 0.4) is 0 Å². The van der Waals surface area contributed by atoms with E-state index >= 15 is 0 Å². The van der Waals surface area contributed by atoms with E-state index < -0.39 is 0 Å². The standard InChI is InChI=1S/C17H17N3O2S/c1-13-2-4-15(5-3-13)22-11-17(21)20(16-6-8-18-19-16)10-14-7-9-23-12-14/h2-9,12H,10-11H2,1H3,(H,18,19). The lowest BCUT2D eigenvalue weighted by Crippen LogP contribution is -2.34. The first-order valence-corrected chi connectivity index (χ1v) is 8.17. The normalized spacial score (nSPS) is 10.5. The number of thiophene rings is 1. The van der Waals surface area contributed by atoms with Gasteiger partial charge in [0.15, 0.2) is 6.61 Å². The Bertz CT molecular complexity index is 737. The molecule has 0 saturated heterocycles. The average molecular weight is 327 g/mol. The Morgan fingerprint density at radius 1 is 1.26 bits per heavy atom. The number of H-pyrrole nitrogens is 1. The molecule has 0 spiro atoms. The van der Waals surface area contributed by atoms with Gasteiger partial charge >= 0.3 is 0 Å². The van der Waals surface area contributed by atoms with E-state index in [-0.39, 0.29) is 12.5 Å². The van der Waals surface area contributed by atoms with Crippen molar-refractivity contribution in [3.05, 3.63) is 64.5 Å². The van der Waals surface area contributed by atoms with Crippen LogP contribution in [0.25, 0.3) is 0 Å². The Labute approximate surface area is 138 Å². The van der Waals surface area contributed by atoms with Crippen molar-refractivity contribution < 1.29 is 9.53 Å². The molecule has 1 N–H and O–H groups in total. The van der Waals surface area contributed by atoms with Crippen molar-refractivity contribution >= 4 is 23.1 Å². The molecule has 0 bridgehead atoms. The summed E-state index contributed by atoms with van der Waals surface area (Å²) in [7, 11) is 0. The summed E-state index contributed by atoms with van der Waals surface area (Å²) in [4.78, 5) is 14.2. The highest BCUT2D eigenvalue weighted by atomic mass is 32.1. The van der Waals surface area contributed by atoms with Crippen LogP contribution in [0.1, 0.15) is 11.1 Å². The van der Waals surface area contributed by atoms with Gasteiger partial charge in [-0.05, 0) is 41.4 Å². The summed E-state index contributed by atoms with van der Waals surface area (Å²) < 4.78 is 5.60. The lowest BCUT2D eigenvalue weighted by molar-refractivity contribution is -0.120. The number of ether oxygens (including phenoxy) is 1. The second-order valence-electron chi connectivity index (χ2n) is 5.16. The minimum Gasteiger partial charge on any atom is -0.484 e. The van der Waals surface area contributed by atoms with Crippen molar-refractivity contribution in [3.63, 3.8) is 0 Å². The van der Waals surface area contributed by atoms with Crippen molar-refractivity contribution in [3.8, 4) is 5.75 Å². The van der Waals surface area contributed by atoms with Gasteiger partial charge in [-0.2, -0.15) is 16.4 Å². The van der Waals surface area contributed by atoms with E-state index in [0.29, 0.717) is 18.1 Å². The molecule has 0 aliphatic rings. The van der Waals surface area contributed by atoms with Gasteiger partial charge < -0.3 is 4.74 Å². The van der Waals surface area contributed by atoms with Gasteiger partial charge in [0.05, 0.1) is 12.7 Å². The van der Waals surface area contributed by atoms with Crippen LogP contribution in [0.4, 0.5) is 5.82 Å². The molecule has 23 heavy (non-hydrogen) atoms. The number of carbonyl (C=O) groups excluding carboxylic acids is 1. The Morgan fingerprint density at radius 2 is 2.09 bits per heavy atom. The van der Waals surface area contributed by atoms with Crippen LogP contribution < -0.4 is 9.64 Å². The van der Waals surface area contributed by atoms with Crippen molar-refractivity contribution in [1.29, 1.82) is 0 Å². The zero-order valence-electron chi connectivity index (χ0n) is 12.7. The number of aromatic amines is 1. The second kappa shape index (κ2) is 7.11. The molecule has 6 heteroatoms. The maximum Gasteiger partial charge on any atom is 0.266 e. The summed E-state index contributed by atoms with van der Waals surface area (Å²) in [5, 5.41) is 10.8. The fraction of sp³-hybridized carbons (Fsp3) is 0.176. The molecular formula is C17H17N3O2S. The lowest BCUT2D eigenvalue weighted by Gasteiger charge is -2.20. The minimum absolute atomic E-state index is 0.0216. The molecule has 2 aromatic heterocycles. The summed E-state index contributed by atoms with van der Waals surface area (Å²) in [6, 6.07) is 11.4. The Hall–Kier alpha value is -2.60. The number of nitrogens with one attached hydrogen (secondary N) is 1. The number of nitrogens with zero attached hydrogens (tertiary/aromatic N) is 2. The van der Waals surface area contributed by atoms with Crippen LogP contribution >= 0.6 is 11.3 Å². The van der Waals surface area contributed by atoms with Crippen molar-refractivity contribution in [2.45, 2.75) is 13.5 Å². The van der Waals surface area contributed by atoms with Gasteiger partial charge in [-0.1, -0.05) is 17.7 Å². The van der Waals surface area contributed by atoms with Gasteiger partial charge in [0.1, 0.15) is 11.6 Å². The molecule has 2 heterocycles. The molecule has 3 rings (SSSR count). The van der Waals surface area contributed by atoms with Crippen LogP contribution in [0.15, 0.2) is 53.4 Å². The summed E-state index contributed by atoms with van der Waals surface area (Å²) in [6.45, 7) is 2.48. The van der Waals surface area contributed by atoms with Gasteiger partial charge in [-0.25, -0.2) is 0 Å². The van der Waals surface area contributed by atoms with Gasteiger partial charge in [0.2, 0.25) is 0 Å². The average Bonchev–Trinajstić information content (AvgIpc) is 3.25. The van der Waals surface area contributed by atoms with Crippen molar-refractivity contribution in [1.82, 2.24) is 10.2 Å².